The molecular formula is C16H32N2O2S. The Morgan fingerprint density at radius 3 is 2.62 bits per heavy atom. The number of nitrogens with one attached hydrogen (secondary N) is 1. The molecule has 5 heteroatoms. The van der Waals surface area contributed by atoms with E-state index in [-0.39, 0.29) is 5.25 Å². The fourth-order valence-electron chi connectivity index (χ4n) is 3.96. The van der Waals surface area contributed by atoms with E-state index >= 15 is 0 Å². The molecule has 2 aliphatic rings. The highest BCUT2D eigenvalue weighted by Gasteiger charge is 2.32. The van der Waals surface area contributed by atoms with Gasteiger partial charge in [0.15, 0.2) is 0 Å². The van der Waals surface area contributed by atoms with Crippen LogP contribution in [0.2, 0.25) is 0 Å². The second-order valence-corrected chi connectivity index (χ2v) is 9.30. The maximum Gasteiger partial charge on any atom is 0.150 e. The zero-order valence-electron chi connectivity index (χ0n) is 13.7. The lowest BCUT2D eigenvalue weighted by Gasteiger charge is -2.39. The van der Waals surface area contributed by atoms with Gasteiger partial charge in [-0.05, 0) is 64.1 Å². The van der Waals surface area contributed by atoms with E-state index in [1.165, 1.54) is 25.5 Å². The first-order chi connectivity index (χ1) is 10.0. The van der Waals surface area contributed by atoms with Crippen molar-refractivity contribution in [3.05, 3.63) is 0 Å². The minimum atomic E-state index is -2.88. The molecule has 0 bridgehead atoms. The Balaban J connectivity index is 1.96. The first kappa shape index (κ1) is 17.2. The molecule has 0 spiro atoms. The van der Waals surface area contributed by atoms with E-state index in [1.54, 1.807) is 0 Å². The third-order valence-electron chi connectivity index (χ3n) is 5.12. The summed E-state index contributed by atoms with van der Waals surface area (Å²) in [5.41, 5.74) is 0. The van der Waals surface area contributed by atoms with Crippen LogP contribution in [0.3, 0.4) is 0 Å². The summed E-state index contributed by atoms with van der Waals surface area (Å²) in [7, 11) is -2.88. The zero-order chi connectivity index (χ0) is 15.3. The van der Waals surface area contributed by atoms with Gasteiger partial charge in [-0.1, -0.05) is 13.3 Å². The third-order valence-corrected chi connectivity index (χ3v) is 6.76. The lowest BCUT2D eigenvalue weighted by molar-refractivity contribution is 0.125. The number of sulfone groups is 1. The fraction of sp³-hybridized carbons (Fsp3) is 1.00. The molecule has 1 saturated carbocycles. The smallest absolute Gasteiger partial charge is 0.150 e. The van der Waals surface area contributed by atoms with E-state index in [0.717, 1.165) is 57.8 Å². The zero-order valence-corrected chi connectivity index (χ0v) is 14.5. The molecule has 4 nitrogen and oxygen atoms in total. The van der Waals surface area contributed by atoms with Crippen molar-refractivity contribution in [1.29, 1.82) is 0 Å². The maximum absolute atomic E-state index is 11.9. The van der Waals surface area contributed by atoms with Crippen LogP contribution in [-0.4, -0.2) is 57.0 Å². The Morgan fingerprint density at radius 2 is 2.00 bits per heavy atom. The van der Waals surface area contributed by atoms with Crippen molar-refractivity contribution in [2.24, 2.45) is 5.92 Å². The molecule has 0 amide bonds. The van der Waals surface area contributed by atoms with Gasteiger partial charge in [0.05, 0.1) is 5.25 Å². The number of rotatable bonds is 6. The molecular weight excluding hydrogens is 284 g/mol. The van der Waals surface area contributed by atoms with Gasteiger partial charge in [0.2, 0.25) is 0 Å². The molecule has 1 aliphatic carbocycles. The molecule has 3 unspecified atom stereocenters. The standard InChI is InChI=1S/C16H32N2O2S/c1-3-10-18(13-14-6-5-9-17-12-14)15-7-4-8-16(11-15)21(2,19)20/h14-17H,3-13H2,1-2H3. The topological polar surface area (TPSA) is 49.4 Å². The Bertz CT molecular complexity index is 405. The molecule has 124 valence electrons. The summed E-state index contributed by atoms with van der Waals surface area (Å²) in [4.78, 5) is 2.59. The summed E-state index contributed by atoms with van der Waals surface area (Å²) in [6.07, 6.45) is 9.10. The minimum absolute atomic E-state index is 0.111. The van der Waals surface area contributed by atoms with Gasteiger partial charge in [-0.15, -0.1) is 0 Å². The minimum Gasteiger partial charge on any atom is -0.316 e. The van der Waals surface area contributed by atoms with Crippen LogP contribution in [-0.2, 0) is 9.84 Å². The molecule has 2 fully saturated rings. The second-order valence-electron chi connectivity index (χ2n) is 6.98. The number of hydrogen-bond acceptors (Lipinski definition) is 4. The van der Waals surface area contributed by atoms with Crippen molar-refractivity contribution in [2.75, 3.05) is 32.4 Å². The average Bonchev–Trinajstić information content (AvgIpc) is 2.47. The van der Waals surface area contributed by atoms with Crippen LogP contribution in [0.15, 0.2) is 0 Å². The van der Waals surface area contributed by atoms with Crippen LogP contribution in [0.4, 0.5) is 0 Å². The van der Waals surface area contributed by atoms with E-state index < -0.39 is 9.84 Å². The van der Waals surface area contributed by atoms with Gasteiger partial charge in [0, 0.05) is 18.8 Å². The van der Waals surface area contributed by atoms with Crippen molar-refractivity contribution in [3.63, 3.8) is 0 Å². The van der Waals surface area contributed by atoms with Gasteiger partial charge in [-0.25, -0.2) is 8.42 Å². The number of nitrogens with zero attached hydrogens (tertiary/aromatic N) is 1. The van der Waals surface area contributed by atoms with Gasteiger partial charge in [0.25, 0.3) is 0 Å². The fourth-order valence-corrected chi connectivity index (χ4v) is 5.13. The molecule has 1 N–H and O–H groups in total. The van der Waals surface area contributed by atoms with Crippen LogP contribution in [0.5, 0.6) is 0 Å². The highest BCUT2D eigenvalue weighted by Crippen LogP contribution is 2.28. The quantitative estimate of drug-likeness (QED) is 0.815. The lowest BCUT2D eigenvalue weighted by Crippen LogP contribution is -2.46. The summed E-state index contributed by atoms with van der Waals surface area (Å²) in [5.74, 6) is 0.740. The van der Waals surface area contributed by atoms with Crippen LogP contribution in [0.1, 0.15) is 51.9 Å². The molecule has 0 aromatic rings. The molecule has 21 heavy (non-hydrogen) atoms. The Morgan fingerprint density at radius 1 is 1.19 bits per heavy atom. The Kier molecular flexibility index (Phi) is 6.51. The Labute approximate surface area is 130 Å². The average molecular weight is 317 g/mol. The van der Waals surface area contributed by atoms with Crippen molar-refractivity contribution in [3.8, 4) is 0 Å². The highest BCUT2D eigenvalue weighted by molar-refractivity contribution is 7.91. The van der Waals surface area contributed by atoms with E-state index in [0.29, 0.717) is 6.04 Å². The van der Waals surface area contributed by atoms with E-state index in [2.05, 4.69) is 17.1 Å². The molecule has 0 aromatic carbocycles. The van der Waals surface area contributed by atoms with E-state index in [4.69, 9.17) is 0 Å². The molecule has 1 heterocycles. The van der Waals surface area contributed by atoms with Crippen LogP contribution < -0.4 is 5.32 Å². The van der Waals surface area contributed by atoms with Gasteiger partial charge in [-0.3, -0.25) is 0 Å². The van der Waals surface area contributed by atoms with Gasteiger partial charge in [0.1, 0.15) is 9.84 Å². The monoisotopic (exact) mass is 316 g/mol. The first-order valence-electron chi connectivity index (χ1n) is 8.64. The number of piperidine rings is 1. The van der Waals surface area contributed by atoms with Gasteiger partial charge in [-0.2, -0.15) is 0 Å². The summed E-state index contributed by atoms with van der Waals surface area (Å²) in [5, 5.41) is 3.38. The summed E-state index contributed by atoms with van der Waals surface area (Å²) in [6.45, 7) is 6.76. The lowest BCUT2D eigenvalue weighted by atomic mass is 9.91. The summed E-state index contributed by atoms with van der Waals surface area (Å²) >= 11 is 0. The predicted molar refractivity (Wildman–Crippen MR) is 88.3 cm³/mol. The first-order valence-corrected chi connectivity index (χ1v) is 10.6. The number of hydrogen-bond donors (Lipinski definition) is 1. The van der Waals surface area contributed by atoms with Crippen molar-refractivity contribution < 1.29 is 8.42 Å². The second kappa shape index (κ2) is 7.93. The maximum atomic E-state index is 11.9. The molecule has 3 atom stereocenters. The van der Waals surface area contributed by atoms with Gasteiger partial charge < -0.3 is 10.2 Å². The molecule has 1 aliphatic heterocycles. The summed E-state index contributed by atoms with van der Waals surface area (Å²) < 4.78 is 23.7. The van der Waals surface area contributed by atoms with Crippen molar-refractivity contribution in [2.45, 2.75) is 63.2 Å². The SMILES string of the molecule is CCCN(CC1CCCNC1)C1CCCC(S(C)(=O)=O)C1. The third kappa shape index (κ3) is 5.22. The van der Waals surface area contributed by atoms with E-state index in [1.807, 2.05) is 0 Å². The summed E-state index contributed by atoms with van der Waals surface area (Å²) in [6, 6.07) is 0.473. The van der Waals surface area contributed by atoms with Crippen LogP contribution in [0, 0.1) is 5.92 Å². The predicted octanol–water partition coefficient (Wildman–Crippen LogP) is 2.05. The van der Waals surface area contributed by atoms with Crippen molar-refractivity contribution >= 4 is 9.84 Å². The van der Waals surface area contributed by atoms with Crippen LogP contribution >= 0.6 is 0 Å². The largest absolute Gasteiger partial charge is 0.316 e. The van der Waals surface area contributed by atoms with Crippen LogP contribution in [0.25, 0.3) is 0 Å². The normalized spacial score (nSPS) is 31.5. The molecule has 1 saturated heterocycles. The molecule has 2 rings (SSSR count). The highest BCUT2D eigenvalue weighted by atomic mass is 32.2. The molecule has 0 radical (unpaired) electrons. The Hall–Kier alpha value is -0.130. The van der Waals surface area contributed by atoms with Crippen molar-refractivity contribution in [1.82, 2.24) is 10.2 Å². The molecule has 0 aromatic heterocycles. The van der Waals surface area contributed by atoms with E-state index in [9.17, 15) is 8.42 Å². The van der Waals surface area contributed by atoms with Gasteiger partial charge >= 0.3 is 0 Å².